The Kier molecular flexibility index (Phi) is 6.31. The van der Waals surface area contributed by atoms with E-state index >= 15 is 0 Å². The molecule has 1 atom stereocenters. The maximum atomic E-state index is 12.9. The number of likely N-dealkylation sites (tertiary alicyclic amines) is 1. The molecule has 11 heteroatoms. The molecular formula is C19H22ClN3O5S2. The summed E-state index contributed by atoms with van der Waals surface area (Å²) >= 11 is 7.09. The van der Waals surface area contributed by atoms with Gasteiger partial charge in [-0.25, -0.2) is 8.42 Å². The molecule has 4 rings (SSSR count). The predicted molar refractivity (Wildman–Crippen MR) is 114 cm³/mol. The normalized spacial score (nSPS) is 20.7. The van der Waals surface area contributed by atoms with Crippen LogP contribution in [0.2, 0.25) is 5.02 Å². The van der Waals surface area contributed by atoms with Gasteiger partial charge in [0.2, 0.25) is 11.8 Å². The molecule has 1 aromatic carbocycles. The van der Waals surface area contributed by atoms with Gasteiger partial charge in [0.25, 0.3) is 10.0 Å². The van der Waals surface area contributed by atoms with Crippen molar-refractivity contribution in [1.29, 1.82) is 0 Å². The summed E-state index contributed by atoms with van der Waals surface area (Å²) in [6.07, 6.45) is 1.02. The Morgan fingerprint density at radius 1 is 1.23 bits per heavy atom. The monoisotopic (exact) mass is 471 g/mol. The smallest absolute Gasteiger partial charge is 0.250 e. The fourth-order valence-electron chi connectivity index (χ4n) is 3.64. The van der Waals surface area contributed by atoms with Crippen LogP contribution in [0.1, 0.15) is 12.8 Å². The molecular weight excluding hydrogens is 450 g/mol. The molecule has 1 unspecified atom stereocenters. The maximum absolute atomic E-state index is 12.9. The topological polar surface area (TPSA) is 96.0 Å². The van der Waals surface area contributed by atoms with Crippen LogP contribution in [-0.2, 0) is 24.3 Å². The van der Waals surface area contributed by atoms with Crippen LogP contribution in [0.15, 0.2) is 28.5 Å². The Morgan fingerprint density at radius 3 is 2.77 bits per heavy atom. The van der Waals surface area contributed by atoms with Gasteiger partial charge < -0.3 is 14.5 Å². The third-order valence-corrected chi connectivity index (χ3v) is 8.52. The Morgan fingerprint density at radius 2 is 2.00 bits per heavy atom. The van der Waals surface area contributed by atoms with E-state index in [1.54, 1.807) is 29.2 Å². The van der Waals surface area contributed by atoms with E-state index in [9.17, 15) is 18.0 Å². The molecule has 0 bridgehead atoms. The van der Waals surface area contributed by atoms with Crippen LogP contribution in [0, 0.1) is 0 Å². The first-order chi connectivity index (χ1) is 14.3. The molecule has 8 nitrogen and oxygen atoms in total. The third-order valence-electron chi connectivity index (χ3n) is 5.24. The number of nitrogens with zero attached hydrogens (tertiary/aromatic N) is 2. The van der Waals surface area contributed by atoms with E-state index in [-0.39, 0.29) is 22.6 Å². The molecule has 2 amide bonds. The van der Waals surface area contributed by atoms with Gasteiger partial charge in [0.15, 0.2) is 0 Å². The molecule has 2 saturated heterocycles. The van der Waals surface area contributed by atoms with E-state index in [2.05, 4.69) is 4.72 Å². The number of morpholine rings is 1. The quantitative estimate of drug-likeness (QED) is 0.715. The maximum Gasteiger partial charge on any atom is 0.250 e. The van der Waals surface area contributed by atoms with E-state index in [0.717, 1.165) is 21.4 Å². The summed E-state index contributed by atoms with van der Waals surface area (Å²) in [5, 5.41) is 1.31. The van der Waals surface area contributed by atoms with Gasteiger partial charge >= 0.3 is 0 Å². The zero-order chi connectivity index (χ0) is 21.3. The number of hydrogen-bond acceptors (Lipinski definition) is 6. The van der Waals surface area contributed by atoms with Crippen LogP contribution in [0.5, 0.6) is 0 Å². The Hall–Kier alpha value is -1.72. The van der Waals surface area contributed by atoms with Gasteiger partial charge in [0, 0.05) is 29.4 Å². The predicted octanol–water partition coefficient (Wildman–Crippen LogP) is 1.68. The lowest BCUT2D eigenvalue weighted by Gasteiger charge is -2.34. The highest BCUT2D eigenvalue weighted by Gasteiger charge is 2.34. The molecule has 1 aromatic heterocycles. The molecule has 0 saturated carbocycles. The molecule has 30 heavy (non-hydrogen) atoms. The number of rotatable bonds is 5. The highest BCUT2D eigenvalue weighted by atomic mass is 35.5. The van der Waals surface area contributed by atoms with E-state index in [1.165, 1.54) is 4.90 Å². The average molecular weight is 472 g/mol. The summed E-state index contributed by atoms with van der Waals surface area (Å²) in [4.78, 5) is 28.5. The minimum atomic E-state index is -3.87. The zero-order valence-electron chi connectivity index (χ0n) is 16.2. The van der Waals surface area contributed by atoms with Crippen LogP contribution >= 0.6 is 22.9 Å². The number of nitrogens with one attached hydrogen (secondary N) is 1. The second kappa shape index (κ2) is 8.80. The number of sulfonamides is 1. The number of piperidine rings is 1. The molecule has 1 N–H and O–H groups in total. The van der Waals surface area contributed by atoms with E-state index < -0.39 is 16.1 Å². The van der Waals surface area contributed by atoms with Gasteiger partial charge in [-0.1, -0.05) is 17.7 Å². The molecule has 2 fully saturated rings. The zero-order valence-corrected chi connectivity index (χ0v) is 18.6. The number of carbonyl (C=O) groups is 2. The van der Waals surface area contributed by atoms with Gasteiger partial charge in [-0.15, -0.1) is 11.3 Å². The number of hydrogen-bond donors (Lipinski definition) is 1. The first kappa shape index (κ1) is 21.5. The minimum absolute atomic E-state index is 0.0432. The summed E-state index contributed by atoms with van der Waals surface area (Å²) < 4.78 is 34.4. The van der Waals surface area contributed by atoms with Crippen molar-refractivity contribution in [3.63, 3.8) is 0 Å². The lowest BCUT2D eigenvalue weighted by Crippen LogP contribution is -2.55. The van der Waals surface area contributed by atoms with Crippen molar-refractivity contribution in [2.24, 2.45) is 0 Å². The van der Waals surface area contributed by atoms with Crippen molar-refractivity contribution in [3.05, 3.63) is 29.3 Å². The average Bonchev–Trinajstić information content (AvgIpc) is 3.16. The van der Waals surface area contributed by atoms with Gasteiger partial charge in [0.05, 0.1) is 19.8 Å². The molecule has 162 valence electrons. The fraction of sp³-hybridized carbons (Fsp3) is 0.474. The van der Waals surface area contributed by atoms with Crippen LogP contribution in [0.25, 0.3) is 10.1 Å². The van der Waals surface area contributed by atoms with Crippen molar-refractivity contribution < 1.29 is 22.7 Å². The molecule has 2 aliphatic rings. The second-order valence-corrected chi connectivity index (χ2v) is 10.8. The lowest BCUT2D eigenvalue weighted by atomic mass is 10.1. The van der Waals surface area contributed by atoms with Crippen molar-refractivity contribution in [2.45, 2.75) is 23.1 Å². The summed E-state index contributed by atoms with van der Waals surface area (Å²) in [6, 6.07) is 5.87. The molecule has 2 aliphatic heterocycles. The first-order valence-corrected chi connectivity index (χ1v) is 12.4. The van der Waals surface area contributed by atoms with Crippen molar-refractivity contribution in [3.8, 4) is 0 Å². The summed E-state index contributed by atoms with van der Waals surface area (Å²) in [5.74, 6) is -0.507. The number of halogens is 1. The van der Waals surface area contributed by atoms with Crippen molar-refractivity contribution >= 4 is 54.9 Å². The van der Waals surface area contributed by atoms with E-state index in [0.29, 0.717) is 50.7 Å². The summed E-state index contributed by atoms with van der Waals surface area (Å²) in [6.45, 7) is 2.39. The van der Waals surface area contributed by atoms with Gasteiger partial charge in [-0.3, -0.25) is 9.59 Å². The second-order valence-electron chi connectivity index (χ2n) is 7.32. The van der Waals surface area contributed by atoms with Crippen LogP contribution < -0.4 is 4.72 Å². The summed E-state index contributed by atoms with van der Waals surface area (Å²) in [5.41, 5.74) is 0. The SMILES string of the molecule is O=C(CN1CCCC(NS(=O)(=O)c2cc3ccc(Cl)cc3s2)C1=O)N1CCOCC1. The Labute approximate surface area is 183 Å². The third kappa shape index (κ3) is 4.62. The molecule has 0 radical (unpaired) electrons. The van der Waals surface area contributed by atoms with Crippen LogP contribution in [0.3, 0.4) is 0 Å². The molecule has 2 aromatic rings. The minimum Gasteiger partial charge on any atom is -0.378 e. The van der Waals surface area contributed by atoms with E-state index in [4.69, 9.17) is 16.3 Å². The molecule has 0 spiro atoms. The summed E-state index contributed by atoms with van der Waals surface area (Å²) in [7, 11) is -3.87. The Bertz CT molecular complexity index is 1070. The lowest BCUT2D eigenvalue weighted by molar-refractivity contribution is -0.145. The molecule has 3 heterocycles. The van der Waals surface area contributed by atoms with Gasteiger partial charge in [-0.05, 0) is 36.4 Å². The number of thiophene rings is 1. The van der Waals surface area contributed by atoms with Crippen molar-refractivity contribution in [2.75, 3.05) is 39.4 Å². The van der Waals surface area contributed by atoms with Crippen LogP contribution in [-0.4, -0.2) is 75.5 Å². The fourth-order valence-corrected chi connectivity index (χ4v) is 6.56. The Balaban J connectivity index is 1.45. The van der Waals surface area contributed by atoms with Gasteiger partial charge in [0.1, 0.15) is 10.3 Å². The van der Waals surface area contributed by atoms with Gasteiger partial charge in [-0.2, -0.15) is 4.72 Å². The highest BCUT2D eigenvalue weighted by Crippen LogP contribution is 2.31. The largest absolute Gasteiger partial charge is 0.378 e. The van der Waals surface area contributed by atoms with E-state index in [1.807, 2.05) is 0 Å². The van der Waals surface area contributed by atoms with Crippen molar-refractivity contribution in [1.82, 2.24) is 14.5 Å². The number of amides is 2. The number of ether oxygens (including phenoxy) is 1. The standard InChI is InChI=1S/C19H22ClN3O5S2/c20-14-4-3-13-10-18(29-16(13)11-14)30(26,27)21-15-2-1-5-23(19(15)25)12-17(24)22-6-8-28-9-7-22/h3-4,10-11,15,21H,1-2,5-9,12H2. The number of fused-ring (bicyclic) bond motifs is 1. The molecule has 0 aliphatic carbocycles. The first-order valence-electron chi connectivity index (χ1n) is 9.69. The van der Waals surface area contributed by atoms with Crippen LogP contribution in [0.4, 0.5) is 0 Å². The highest BCUT2D eigenvalue weighted by molar-refractivity contribution is 7.91. The number of benzene rings is 1. The number of carbonyl (C=O) groups excluding carboxylic acids is 2.